The number of hydrogen-bond acceptors (Lipinski definition) is 6. The van der Waals surface area contributed by atoms with Crippen LogP contribution in [0.4, 0.5) is 0 Å². The zero-order chi connectivity index (χ0) is 10.2. The Bertz CT molecular complexity index is 51.5. The molecule has 0 amide bonds. The molecule has 12 heteroatoms. The van der Waals surface area contributed by atoms with Gasteiger partial charge >= 0.3 is 44.2 Å². The van der Waals surface area contributed by atoms with Gasteiger partial charge < -0.3 is 103 Å². The van der Waals surface area contributed by atoms with Gasteiger partial charge in [0.2, 0.25) is 0 Å². The number of rotatable bonds is 3. The molecule has 0 aromatic carbocycles. The molecule has 0 radical (unpaired) electrons. The molecular weight excluding hydrogens is 663 g/mol. The molecule has 0 atom stereocenters. The molecule has 0 saturated heterocycles. The van der Waals surface area contributed by atoms with Gasteiger partial charge in [0.05, 0.1) is 0 Å². The normalized spacial score (nSPS) is 5.00. The van der Waals surface area contributed by atoms with Crippen LogP contribution in [0.15, 0.2) is 0 Å². The fraction of sp³-hybridized carbons (Fsp3) is 1.00. The Labute approximate surface area is 184 Å². The van der Waals surface area contributed by atoms with E-state index in [4.69, 9.17) is 34.4 Å². The minimum Gasteiger partial charge on any atom is -2.00 e. The Hall–Kier alpha value is 3.29. The van der Waals surface area contributed by atoms with Gasteiger partial charge in [0.25, 0.3) is 0 Å². The monoisotopic (exact) mass is 690 g/mol. The molecule has 0 saturated carbocycles. The van der Waals surface area contributed by atoms with Crippen LogP contribution in [0.2, 0.25) is 0 Å². The van der Waals surface area contributed by atoms with Crippen molar-refractivity contribution in [2.75, 3.05) is 39.3 Å². The van der Waals surface area contributed by atoms with Gasteiger partial charge in [-0.3, -0.25) is 0 Å². The third-order valence-electron chi connectivity index (χ3n) is 0.500. The molecule has 18 heavy (non-hydrogen) atoms. The van der Waals surface area contributed by atoms with E-state index in [0.717, 1.165) is 0 Å². The van der Waals surface area contributed by atoms with Gasteiger partial charge in [0.1, 0.15) is 0 Å². The van der Waals surface area contributed by atoms with E-state index in [9.17, 15) is 0 Å². The smallest absolute Gasteiger partial charge is 2.00 e. The molecule has 0 unspecified atom stereocenters. The molecule has 0 rings (SSSR count). The van der Waals surface area contributed by atoms with Gasteiger partial charge in [-0.15, -0.1) is 0 Å². The summed E-state index contributed by atoms with van der Waals surface area (Å²) >= 11 is 0. The first-order chi connectivity index (χ1) is 5.74. The van der Waals surface area contributed by atoms with Gasteiger partial charge in [0, 0.05) is 39.3 Å². The Morgan fingerprint density at radius 1 is 0.389 bits per heavy atom. The van der Waals surface area contributed by atoms with Crippen LogP contribution in [0.5, 0.6) is 0 Å². The van der Waals surface area contributed by atoms with E-state index in [1.165, 1.54) is 0 Å². The summed E-state index contributed by atoms with van der Waals surface area (Å²) in [5, 5.41) is 0. The summed E-state index contributed by atoms with van der Waals surface area (Å²) in [5.41, 5.74) is 29.4. The van der Waals surface area contributed by atoms with Gasteiger partial charge in [-0.05, 0) is 0 Å². The predicted molar refractivity (Wildman–Crippen MR) is 88.9 cm³/mol. The topological polar surface area (TPSA) is 156 Å². The standard InChI is InChI=1S/3C2H8N2.Ga.Sb.4Se/c3*3-1-2-4;;;;;;/h3*1-4H2;;;;;;/q;;;+3;+5;4*-2. The van der Waals surface area contributed by atoms with Crippen LogP contribution < -0.4 is 34.4 Å². The number of hydrogen-bond donors (Lipinski definition) is 6. The summed E-state index contributed by atoms with van der Waals surface area (Å²) < 4.78 is 0. The molecule has 6 nitrogen and oxygen atoms in total. The van der Waals surface area contributed by atoms with Gasteiger partial charge in [-0.1, -0.05) is 0 Å². The van der Waals surface area contributed by atoms with E-state index >= 15 is 0 Å². The Morgan fingerprint density at radius 3 is 0.444 bits per heavy atom. The van der Waals surface area contributed by atoms with Crippen molar-refractivity contribution in [3.05, 3.63) is 0 Å². The Morgan fingerprint density at radius 2 is 0.444 bits per heavy atom. The average molecular weight is 688 g/mol. The molecule has 0 aliphatic carbocycles. The Kier molecular flexibility index (Phi) is 282. The van der Waals surface area contributed by atoms with Crippen LogP contribution >= 0.6 is 0 Å². The van der Waals surface area contributed by atoms with Crippen LogP contribution in [-0.4, -0.2) is 152 Å². The van der Waals surface area contributed by atoms with Crippen molar-refractivity contribution >= 4 is 112 Å². The van der Waals surface area contributed by atoms with E-state index in [1.807, 2.05) is 0 Å². The van der Waals surface area contributed by atoms with Gasteiger partial charge in [0.15, 0.2) is 0 Å². The largest absolute Gasteiger partial charge is 5.00 e. The van der Waals surface area contributed by atoms with Crippen LogP contribution in [0.3, 0.4) is 0 Å². The first-order valence-corrected chi connectivity index (χ1v) is 3.95. The number of nitrogens with two attached hydrogens (primary N) is 6. The van der Waals surface area contributed by atoms with E-state index in [1.54, 1.807) is 0 Å². The average Bonchev–Trinajstić information content (AvgIpc) is 2.18. The quantitative estimate of drug-likeness (QED) is 0.163. The van der Waals surface area contributed by atoms with Crippen molar-refractivity contribution in [3.63, 3.8) is 0 Å². The van der Waals surface area contributed by atoms with Crippen LogP contribution in [0, 0.1) is 0 Å². The molecule has 0 aromatic rings. The van der Waals surface area contributed by atoms with Crippen LogP contribution in [-0.2, 0) is 0 Å². The summed E-state index contributed by atoms with van der Waals surface area (Å²) in [6.45, 7) is 3.58. The predicted octanol–water partition coefficient (Wildman–Crippen LogP) is -5.57. The van der Waals surface area contributed by atoms with E-state index in [2.05, 4.69) is 0 Å². The maximum atomic E-state index is 4.90. The minimum atomic E-state index is 0. The summed E-state index contributed by atoms with van der Waals surface area (Å²) in [4.78, 5) is 0. The van der Waals surface area contributed by atoms with E-state index in [0.29, 0.717) is 39.3 Å². The maximum Gasteiger partial charge on any atom is 5.00 e. The van der Waals surface area contributed by atoms with Crippen molar-refractivity contribution in [1.82, 2.24) is 0 Å². The molecule has 110 valence electrons. The second-order valence-corrected chi connectivity index (χ2v) is 1.73. The molecule has 0 fully saturated rings. The second kappa shape index (κ2) is 87.5. The van der Waals surface area contributed by atoms with Crippen molar-refractivity contribution in [1.29, 1.82) is 0 Å². The van der Waals surface area contributed by atoms with Crippen molar-refractivity contribution < 1.29 is 0 Å². The third-order valence-corrected chi connectivity index (χ3v) is 0.500. The molecule has 0 spiro atoms. The van der Waals surface area contributed by atoms with E-state index < -0.39 is 0 Å². The SMILES string of the molecule is NCCN.NCCN.NCCN.[Ga+3].[Sb+5].[Se-2].[Se-2].[Se-2].[Se-2]. The van der Waals surface area contributed by atoms with Crippen molar-refractivity contribution in [2.24, 2.45) is 34.4 Å². The van der Waals surface area contributed by atoms with Crippen molar-refractivity contribution in [3.8, 4) is 0 Å². The van der Waals surface area contributed by atoms with E-state index in [-0.39, 0.29) is 112 Å². The zero-order valence-electron chi connectivity index (χ0n) is 10.4. The summed E-state index contributed by atoms with van der Waals surface area (Å²) in [6, 6.07) is 0. The second-order valence-electron chi connectivity index (χ2n) is 1.73. The first-order valence-electron chi connectivity index (χ1n) is 3.95. The molecule has 0 heterocycles. The molecule has 0 aromatic heterocycles. The van der Waals surface area contributed by atoms with Crippen molar-refractivity contribution in [2.45, 2.75) is 0 Å². The fourth-order valence-corrected chi connectivity index (χ4v) is 0. The summed E-state index contributed by atoms with van der Waals surface area (Å²) in [5.74, 6) is 0. The minimum absolute atomic E-state index is 0. The molecule has 12 N–H and O–H groups in total. The van der Waals surface area contributed by atoms with Gasteiger partial charge in [-0.25, -0.2) is 0 Å². The molecular formula is C6H24GaN6SbSe4. The zero-order valence-corrected chi connectivity index (χ0v) is 22.2. The molecule has 0 aliphatic heterocycles. The maximum absolute atomic E-state index is 4.90. The Balaban J connectivity index is -0.00000000827. The summed E-state index contributed by atoms with van der Waals surface area (Å²) in [7, 11) is 0. The summed E-state index contributed by atoms with van der Waals surface area (Å²) in [6.07, 6.45) is 0. The third kappa shape index (κ3) is 163. The van der Waals surface area contributed by atoms with Gasteiger partial charge in [-0.2, -0.15) is 0 Å². The van der Waals surface area contributed by atoms with Crippen LogP contribution in [0.1, 0.15) is 0 Å². The first kappa shape index (κ1) is 58.0. The molecule has 0 bridgehead atoms. The fourth-order valence-electron chi connectivity index (χ4n) is 0. The van der Waals surface area contributed by atoms with Crippen LogP contribution in [0.25, 0.3) is 0 Å². The molecule has 0 aliphatic rings.